The molecule has 1 aliphatic rings. The number of halogens is 1. The van der Waals surface area contributed by atoms with E-state index in [2.05, 4.69) is 22.6 Å². The highest BCUT2D eigenvalue weighted by Crippen LogP contribution is 2.40. The molecule has 1 amide bonds. The lowest BCUT2D eigenvalue weighted by molar-refractivity contribution is -0.140. The van der Waals surface area contributed by atoms with E-state index >= 15 is 0 Å². The molecular formula is C30H24INO5. The second-order valence-electron chi connectivity index (χ2n) is 8.80. The highest BCUT2D eigenvalue weighted by molar-refractivity contribution is 14.1. The van der Waals surface area contributed by atoms with Crippen molar-refractivity contribution in [3.63, 3.8) is 0 Å². The Morgan fingerprint density at radius 3 is 2.38 bits per heavy atom. The lowest BCUT2D eigenvalue weighted by atomic mass is 9.95. The first-order valence-corrected chi connectivity index (χ1v) is 12.8. The molecule has 1 aliphatic heterocycles. The van der Waals surface area contributed by atoms with Crippen LogP contribution in [0.2, 0.25) is 0 Å². The molecule has 3 aromatic carbocycles. The van der Waals surface area contributed by atoms with Gasteiger partial charge in [-0.25, -0.2) is 0 Å². The lowest BCUT2D eigenvalue weighted by Crippen LogP contribution is -2.29. The summed E-state index contributed by atoms with van der Waals surface area (Å²) in [7, 11) is 0. The molecule has 1 unspecified atom stereocenters. The number of likely N-dealkylation sites (tertiary alicyclic amines) is 1. The summed E-state index contributed by atoms with van der Waals surface area (Å²) >= 11 is 2.20. The third kappa shape index (κ3) is 5.17. The average molecular weight is 605 g/mol. The summed E-state index contributed by atoms with van der Waals surface area (Å²) in [6, 6.07) is 25.1. The van der Waals surface area contributed by atoms with E-state index in [0.29, 0.717) is 23.7 Å². The maximum absolute atomic E-state index is 13.2. The molecule has 1 N–H and O–H groups in total. The normalized spacial score (nSPS) is 16.8. The van der Waals surface area contributed by atoms with Crippen LogP contribution >= 0.6 is 22.6 Å². The average Bonchev–Trinajstić information content (AvgIpc) is 3.51. The van der Waals surface area contributed by atoms with Crippen molar-refractivity contribution >= 4 is 40.0 Å². The monoisotopic (exact) mass is 605 g/mol. The van der Waals surface area contributed by atoms with Crippen molar-refractivity contribution in [3.8, 4) is 5.75 Å². The van der Waals surface area contributed by atoms with Crippen molar-refractivity contribution < 1.29 is 23.8 Å². The van der Waals surface area contributed by atoms with Gasteiger partial charge in [-0.05, 0) is 94.7 Å². The van der Waals surface area contributed by atoms with Crippen LogP contribution in [0.5, 0.6) is 5.75 Å². The first-order valence-electron chi connectivity index (χ1n) is 11.8. The second-order valence-corrected chi connectivity index (χ2v) is 10.0. The van der Waals surface area contributed by atoms with Crippen molar-refractivity contribution in [1.29, 1.82) is 0 Å². The lowest BCUT2D eigenvalue weighted by Gasteiger charge is -2.24. The van der Waals surface area contributed by atoms with Gasteiger partial charge in [0, 0.05) is 9.13 Å². The molecule has 1 aromatic heterocycles. The first-order chi connectivity index (χ1) is 17.9. The predicted octanol–water partition coefficient (Wildman–Crippen LogP) is 6.39. The molecule has 186 valence electrons. The fourth-order valence-electron chi connectivity index (χ4n) is 4.40. The second kappa shape index (κ2) is 10.6. The number of aliphatic hydroxyl groups is 1. The van der Waals surface area contributed by atoms with Crippen LogP contribution < -0.4 is 4.74 Å². The number of aryl methyl sites for hydroxylation is 1. The molecule has 7 heteroatoms. The van der Waals surface area contributed by atoms with E-state index in [1.165, 1.54) is 11.2 Å². The number of Topliss-reactive ketones (excluding diaryl/α,β-unsaturated/α-hetero) is 1. The van der Waals surface area contributed by atoms with Crippen LogP contribution in [0.4, 0.5) is 0 Å². The molecule has 5 rings (SSSR count). The minimum absolute atomic E-state index is 0.0475. The number of carbonyl (C=O) groups excluding carboxylic acids is 2. The Labute approximate surface area is 228 Å². The highest BCUT2D eigenvalue weighted by atomic mass is 127. The van der Waals surface area contributed by atoms with Crippen molar-refractivity contribution in [2.75, 3.05) is 0 Å². The minimum Gasteiger partial charge on any atom is -0.507 e. The molecule has 1 saturated heterocycles. The van der Waals surface area contributed by atoms with Crippen molar-refractivity contribution in [1.82, 2.24) is 4.90 Å². The molecule has 6 nitrogen and oxygen atoms in total. The maximum Gasteiger partial charge on any atom is 0.296 e. The number of hydrogen-bond acceptors (Lipinski definition) is 5. The third-order valence-electron chi connectivity index (χ3n) is 6.42. The summed E-state index contributed by atoms with van der Waals surface area (Å²) < 4.78 is 12.4. The maximum atomic E-state index is 13.2. The van der Waals surface area contributed by atoms with Gasteiger partial charge in [-0.2, -0.15) is 0 Å². The SMILES string of the molecule is Cc1ccccc1COc1ccc(C(O)=C2C(=O)C(=O)N(Cc3ccco3)C2c2ccc(I)cc2)cc1. The van der Waals surface area contributed by atoms with E-state index in [1.54, 1.807) is 36.4 Å². The van der Waals surface area contributed by atoms with Gasteiger partial charge in [-0.1, -0.05) is 36.4 Å². The predicted molar refractivity (Wildman–Crippen MR) is 148 cm³/mol. The first kappa shape index (κ1) is 24.8. The molecule has 0 bridgehead atoms. The minimum atomic E-state index is -0.751. The molecule has 0 spiro atoms. The number of hydrogen-bond donors (Lipinski definition) is 1. The van der Waals surface area contributed by atoms with Gasteiger partial charge >= 0.3 is 0 Å². The number of carbonyl (C=O) groups is 2. The summed E-state index contributed by atoms with van der Waals surface area (Å²) in [5.74, 6) is -0.457. The summed E-state index contributed by atoms with van der Waals surface area (Å²) in [5.41, 5.74) is 3.43. The van der Waals surface area contributed by atoms with Gasteiger partial charge in [-0.15, -0.1) is 0 Å². The fourth-order valence-corrected chi connectivity index (χ4v) is 4.76. The standard InChI is InChI=1S/C30H24INO5/c1-19-5-2-3-6-22(19)18-37-24-14-10-21(11-15-24)28(33)26-27(20-8-12-23(31)13-9-20)32(30(35)29(26)34)17-25-7-4-16-36-25/h2-16,27,33H,17-18H2,1H3. The van der Waals surface area contributed by atoms with Crippen LogP contribution in [-0.4, -0.2) is 21.7 Å². The number of ketones is 1. The topological polar surface area (TPSA) is 80.0 Å². The van der Waals surface area contributed by atoms with Gasteiger partial charge in [0.15, 0.2) is 0 Å². The zero-order valence-corrected chi connectivity index (χ0v) is 22.2. The largest absolute Gasteiger partial charge is 0.507 e. The zero-order chi connectivity index (χ0) is 25.9. The summed E-state index contributed by atoms with van der Waals surface area (Å²) in [4.78, 5) is 27.7. The molecule has 1 fully saturated rings. The van der Waals surface area contributed by atoms with E-state index < -0.39 is 17.7 Å². The molecular weight excluding hydrogens is 581 g/mol. The summed E-state index contributed by atoms with van der Waals surface area (Å²) in [6.45, 7) is 2.56. The fraction of sp³-hybridized carbons (Fsp3) is 0.133. The number of furan rings is 1. The highest BCUT2D eigenvalue weighted by Gasteiger charge is 2.46. The van der Waals surface area contributed by atoms with Crippen LogP contribution in [0.3, 0.4) is 0 Å². The number of rotatable bonds is 7. The van der Waals surface area contributed by atoms with Crippen LogP contribution in [0, 0.1) is 10.5 Å². The number of aliphatic hydroxyl groups excluding tert-OH is 1. The van der Waals surface area contributed by atoms with Gasteiger partial charge in [0.1, 0.15) is 23.9 Å². The van der Waals surface area contributed by atoms with Gasteiger partial charge < -0.3 is 19.2 Å². The van der Waals surface area contributed by atoms with E-state index in [-0.39, 0.29) is 17.9 Å². The molecule has 37 heavy (non-hydrogen) atoms. The number of amides is 1. The molecule has 1 atom stereocenters. The van der Waals surface area contributed by atoms with Crippen LogP contribution in [0.1, 0.15) is 34.1 Å². The van der Waals surface area contributed by atoms with E-state index in [4.69, 9.17) is 9.15 Å². The Balaban J connectivity index is 1.47. The summed E-state index contributed by atoms with van der Waals surface area (Å²) in [6.07, 6.45) is 1.52. The summed E-state index contributed by atoms with van der Waals surface area (Å²) in [5, 5.41) is 11.3. The number of ether oxygens (including phenoxy) is 1. The van der Waals surface area contributed by atoms with Gasteiger partial charge in [0.25, 0.3) is 11.7 Å². The van der Waals surface area contributed by atoms with E-state index in [0.717, 1.165) is 20.3 Å². The zero-order valence-electron chi connectivity index (χ0n) is 20.1. The number of benzene rings is 3. The van der Waals surface area contributed by atoms with Gasteiger partial charge in [-0.3, -0.25) is 9.59 Å². The van der Waals surface area contributed by atoms with Gasteiger partial charge in [0.2, 0.25) is 0 Å². The van der Waals surface area contributed by atoms with Crippen molar-refractivity contribution in [2.45, 2.75) is 26.1 Å². The molecule has 2 heterocycles. The molecule has 0 radical (unpaired) electrons. The van der Waals surface area contributed by atoms with Gasteiger partial charge in [0.05, 0.1) is 24.4 Å². The van der Waals surface area contributed by atoms with Crippen LogP contribution in [-0.2, 0) is 22.7 Å². The molecule has 0 aliphatic carbocycles. The smallest absolute Gasteiger partial charge is 0.296 e. The van der Waals surface area contributed by atoms with Crippen molar-refractivity contribution in [2.24, 2.45) is 0 Å². The molecule has 0 saturated carbocycles. The van der Waals surface area contributed by atoms with E-state index in [9.17, 15) is 14.7 Å². The molecule has 4 aromatic rings. The Morgan fingerprint density at radius 2 is 1.70 bits per heavy atom. The third-order valence-corrected chi connectivity index (χ3v) is 7.13. The van der Waals surface area contributed by atoms with Crippen LogP contribution in [0.15, 0.2) is 101 Å². The number of nitrogens with zero attached hydrogens (tertiary/aromatic N) is 1. The Hall–Kier alpha value is -3.85. The Morgan fingerprint density at radius 1 is 0.973 bits per heavy atom. The van der Waals surface area contributed by atoms with E-state index in [1.807, 2.05) is 55.5 Å². The Bertz CT molecular complexity index is 1460. The Kier molecular flexibility index (Phi) is 7.14. The quantitative estimate of drug-likeness (QED) is 0.114. The van der Waals surface area contributed by atoms with Crippen molar-refractivity contribution in [3.05, 3.63) is 128 Å². The van der Waals surface area contributed by atoms with Crippen LogP contribution in [0.25, 0.3) is 5.76 Å².